The molecule has 0 unspecified atom stereocenters. The minimum absolute atomic E-state index is 0.103. The van der Waals surface area contributed by atoms with Crippen molar-refractivity contribution in [3.63, 3.8) is 0 Å². The molecule has 0 amide bonds. The molecule has 0 aliphatic heterocycles. The predicted molar refractivity (Wildman–Crippen MR) is 96.4 cm³/mol. The molecule has 5 nitrogen and oxygen atoms in total. The van der Waals surface area contributed by atoms with Gasteiger partial charge in [-0.1, -0.05) is 33.6 Å². The van der Waals surface area contributed by atoms with Crippen molar-refractivity contribution in [1.82, 2.24) is 9.55 Å². The lowest BCUT2D eigenvalue weighted by atomic mass is 10.2. The van der Waals surface area contributed by atoms with Crippen LogP contribution in [-0.2, 0) is 6.54 Å². The summed E-state index contributed by atoms with van der Waals surface area (Å²) in [6.45, 7) is 2.22. The van der Waals surface area contributed by atoms with Gasteiger partial charge in [-0.15, -0.1) is 0 Å². The van der Waals surface area contributed by atoms with Crippen LogP contribution in [0.3, 0.4) is 0 Å². The Morgan fingerprint density at radius 2 is 2.00 bits per heavy atom. The van der Waals surface area contributed by atoms with Gasteiger partial charge in [-0.2, -0.15) is 0 Å². The van der Waals surface area contributed by atoms with E-state index in [4.69, 9.17) is 4.74 Å². The second-order valence-electron chi connectivity index (χ2n) is 5.64. The Kier molecular flexibility index (Phi) is 4.97. The molecule has 1 N–H and O–H groups in total. The minimum Gasteiger partial charge on any atom is -0.491 e. The number of benzene rings is 2. The Morgan fingerprint density at radius 3 is 2.75 bits per heavy atom. The molecule has 0 aliphatic carbocycles. The number of aliphatic hydroxyl groups is 1. The molecule has 2 aromatic carbocycles. The highest BCUT2D eigenvalue weighted by Gasteiger charge is 2.10. The van der Waals surface area contributed by atoms with Gasteiger partial charge < -0.3 is 9.84 Å². The fourth-order valence-electron chi connectivity index (χ4n) is 2.37. The molecule has 0 radical (unpaired) electrons. The average molecular weight is 389 g/mol. The molecule has 0 fully saturated rings. The zero-order valence-electron chi connectivity index (χ0n) is 13.1. The zero-order chi connectivity index (χ0) is 17.1. The van der Waals surface area contributed by atoms with Crippen molar-refractivity contribution in [3.8, 4) is 5.75 Å². The van der Waals surface area contributed by atoms with Gasteiger partial charge in [-0.3, -0.25) is 9.36 Å². The number of rotatable bonds is 5. The summed E-state index contributed by atoms with van der Waals surface area (Å²) in [5, 5.41) is 10.7. The highest BCUT2D eigenvalue weighted by atomic mass is 79.9. The van der Waals surface area contributed by atoms with E-state index in [0.29, 0.717) is 16.7 Å². The van der Waals surface area contributed by atoms with Crippen LogP contribution in [-0.4, -0.2) is 27.4 Å². The number of nitrogens with zero attached hydrogens (tertiary/aromatic N) is 2. The summed E-state index contributed by atoms with van der Waals surface area (Å²) in [6, 6.07) is 12.9. The lowest BCUT2D eigenvalue weighted by Gasteiger charge is -2.14. The highest BCUT2D eigenvalue weighted by molar-refractivity contribution is 9.10. The van der Waals surface area contributed by atoms with Crippen LogP contribution in [0.25, 0.3) is 10.9 Å². The number of hydrogen-bond acceptors (Lipinski definition) is 4. The number of aromatic nitrogens is 2. The molecule has 1 aromatic heterocycles. The molecule has 0 bridgehead atoms. The summed E-state index contributed by atoms with van der Waals surface area (Å²) in [4.78, 5) is 16.7. The largest absolute Gasteiger partial charge is 0.491 e. The first-order chi connectivity index (χ1) is 11.5. The van der Waals surface area contributed by atoms with Gasteiger partial charge in [0.1, 0.15) is 18.5 Å². The number of halogens is 1. The number of ether oxygens (including phenoxy) is 1. The smallest absolute Gasteiger partial charge is 0.261 e. The summed E-state index contributed by atoms with van der Waals surface area (Å²) in [7, 11) is 0. The van der Waals surface area contributed by atoms with Crippen molar-refractivity contribution < 1.29 is 9.84 Å². The molecule has 0 aliphatic rings. The Hall–Kier alpha value is -2.18. The van der Waals surface area contributed by atoms with Gasteiger partial charge in [-0.25, -0.2) is 4.98 Å². The van der Waals surface area contributed by atoms with Gasteiger partial charge in [0.05, 0.1) is 23.8 Å². The van der Waals surface area contributed by atoms with Crippen LogP contribution >= 0.6 is 15.9 Å². The minimum atomic E-state index is -0.810. The van der Waals surface area contributed by atoms with Crippen molar-refractivity contribution in [2.75, 3.05) is 6.61 Å². The molecular weight excluding hydrogens is 372 g/mol. The van der Waals surface area contributed by atoms with E-state index in [1.807, 2.05) is 37.3 Å². The average Bonchev–Trinajstić information content (AvgIpc) is 2.57. The van der Waals surface area contributed by atoms with Gasteiger partial charge in [0.25, 0.3) is 5.56 Å². The van der Waals surface area contributed by atoms with E-state index in [0.717, 1.165) is 10.0 Å². The predicted octanol–water partition coefficient (Wildman–Crippen LogP) is 2.91. The fraction of sp³-hybridized carbons (Fsp3) is 0.222. The lowest BCUT2D eigenvalue weighted by molar-refractivity contribution is 0.0915. The SMILES string of the molecule is Cc1ccc(OC[C@H](O)Cn2cnc3ccc(Br)cc3c2=O)cc1. The Labute approximate surface area is 147 Å². The molecule has 3 aromatic rings. The summed E-state index contributed by atoms with van der Waals surface area (Å²) in [6.07, 6.45) is 0.642. The van der Waals surface area contributed by atoms with E-state index < -0.39 is 6.10 Å². The zero-order valence-corrected chi connectivity index (χ0v) is 14.7. The van der Waals surface area contributed by atoms with Crippen LogP contribution in [0.4, 0.5) is 0 Å². The summed E-state index contributed by atoms with van der Waals surface area (Å²) in [5.41, 5.74) is 1.59. The van der Waals surface area contributed by atoms with E-state index in [1.165, 1.54) is 10.9 Å². The van der Waals surface area contributed by atoms with Crippen LogP contribution in [0.1, 0.15) is 5.56 Å². The molecule has 124 valence electrons. The molecular formula is C18H17BrN2O3. The quantitative estimate of drug-likeness (QED) is 0.729. The van der Waals surface area contributed by atoms with E-state index >= 15 is 0 Å². The molecule has 0 spiro atoms. The molecule has 6 heteroatoms. The Bertz CT molecular complexity index is 906. The van der Waals surface area contributed by atoms with Crippen molar-refractivity contribution in [2.45, 2.75) is 19.6 Å². The second-order valence-corrected chi connectivity index (χ2v) is 6.56. The van der Waals surface area contributed by atoms with Crippen molar-refractivity contribution in [1.29, 1.82) is 0 Å². The number of hydrogen-bond donors (Lipinski definition) is 1. The number of aryl methyl sites for hydroxylation is 1. The first-order valence-electron chi connectivity index (χ1n) is 7.55. The first kappa shape index (κ1) is 16.7. The van der Waals surface area contributed by atoms with E-state index in [2.05, 4.69) is 20.9 Å². The van der Waals surface area contributed by atoms with E-state index in [9.17, 15) is 9.90 Å². The third-order valence-corrected chi connectivity index (χ3v) is 4.15. The van der Waals surface area contributed by atoms with Crippen LogP contribution in [0.15, 0.2) is 58.1 Å². The van der Waals surface area contributed by atoms with Crippen LogP contribution < -0.4 is 10.3 Å². The summed E-state index contributed by atoms with van der Waals surface area (Å²) >= 11 is 3.35. The van der Waals surface area contributed by atoms with Gasteiger partial charge in [-0.05, 0) is 37.3 Å². The maximum Gasteiger partial charge on any atom is 0.261 e. The van der Waals surface area contributed by atoms with Gasteiger partial charge in [0.2, 0.25) is 0 Å². The number of aliphatic hydroxyl groups excluding tert-OH is 1. The Balaban J connectivity index is 1.71. The van der Waals surface area contributed by atoms with Gasteiger partial charge in [0.15, 0.2) is 0 Å². The molecule has 1 heterocycles. The second kappa shape index (κ2) is 7.15. The van der Waals surface area contributed by atoms with Crippen LogP contribution in [0, 0.1) is 6.92 Å². The molecule has 0 saturated carbocycles. The van der Waals surface area contributed by atoms with Crippen LogP contribution in [0.5, 0.6) is 5.75 Å². The third kappa shape index (κ3) is 3.83. The number of fused-ring (bicyclic) bond motifs is 1. The van der Waals surface area contributed by atoms with Crippen LogP contribution in [0.2, 0.25) is 0 Å². The first-order valence-corrected chi connectivity index (χ1v) is 8.34. The highest BCUT2D eigenvalue weighted by Crippen LogP contribution is 2.15. The molecule has 0 saturated heterocycles. The monoisotopic (exact) mass is 388 g/mol. The lowest BCUT2D eigenvalue weighted by Crippen LogP contribution is -2.30. The summed E-state index contributed by atoms with van der Waals surface area (Å²) < 4.78 is 7.76. The van der Waals surface area contributed by atoms with Crippen molar-refractivity contribution in [2.24, 2.45) is 0 Å². The standard InChI is InChI=1S/C18H17BrN2O3/c1-12-2-5-15(6-3-12)24-10-14(22)9-21-11-20-17-7-4-13(19)8-16(17)18(21)23/h2-8,11,14,22H,9-10H2,1H3/t14-/m1/s1. The molecule has 3 rings (SSSR count). The summed E-state index contributed by atoms with van der Waals surface area (Å²) in [5.74, 6) is 0.688. The third-order valence-electron chi connectivity index (χ3n) is 3.66. The van der Waals surface area contributed by atoms with Gasteiger partial charge >= 0.3 is 0 Å². The van der Waals surface area contributed by atoms with E-state index in [-0.39, 0.29) is 18.7 Å². The molecule has 24 heavy (non-hydrogen) atoms. The fourth-order valence-corrected chi connectivity index (χ4v) is 2.73. The van der Waals surface area contributed by atoms with Crippen molar-refractivity contribution >= 4 is 26.8 Å². The normalized spacial score (nSPS) is 12.3. The van der Waals surface area contributed by atoms with Gasteiger partial charge in [0, 0.05) is 4.47 Å². The van der Waals surface area contributed by atoms with E-state index in [1.54, 1.807) is 12.1 Å². The maximum atomic E-state index is 12.5. The topological polar surface area (TPSA) is 64.3 Å². The van der Waals surface area contributed by atoms with Crippen molar-refractivity contribution in [3.05, 3.63) is 69.2 Å². The Morgan fingerprint density at radius 1 is 1.25 bits per heavy atom. The maximum absolute atomic E-state index is 12.5. The molecule has 1 atom stereocenters.